The second-order valence-corrected chi connectivity index (χ2v) is 6.15. The van der Waals surface area contributed by atoms with Gasteiger partial charge in [-0.05, 0) is 38.1 Å². The van der Waals surface area contributed by atoms with Gasteiger partial charge in [-0.15, -0.1) is 0 Å². The van der Waals surface area contributed by atoms with Crippen molar-refractivity contribution in [2.75, 3.05) is 18.1 Å². The molecule has 1 saturated heterocycles. The number of nitro benzene ring substituents is 1. The summed E-state index contributed by atoms with van der Waals surface area (Å²) in [6.07, 6.45) is -0.255. The van der Waals surface area contributed by atoms with E-state index in [9.17, 15) is 10.1 Å². The monoisotopic (exact) mass is 353 g/mol. The van der Waals surface area contributed by atoms with Crippen LogP contribution in [0.4, 0.5) is 17.1 Å². The molecule has 0 radical (unpaired) electrons. The van der Waals surface area contributed by atoms with Crippen molar-refractivity contribution in [3.05, 3.63) is 69.6 Å². The quantitative estimate of drug-likeness (QED) is 0.460. The van der Waals surface area contributed by atoms with Gasteiger partial charge in [0.1, 0.15) is 24.7 Å². The zero-order chi connectivity index (χ0) is 18.7. The number of nitrogens with zero attached hydrogens (tertiary/aromatic N) is 3. The highest BCUT2D eigenvalue weighted by molar-refractivity contribution is 5.56. The lowest BCUT2D eigenvalue weighted by atomic mass is 10.1. The second-order valence-electron chi connectivity index (χ2n) is 6.15. The van der Waals surface area contributed by atoms with Crippen LogP contribution in [0.2, 0.25) is 0 Å². The van der Waals surface area contributed by atoms with Crippen LogP contribution >= 0.6 is 0 Å². The Morgan fingerprint density at radius 2 is 2.08 bits per heavy atom. The van der Waals surface area contributed by atoms with E-state index in [4.69, 9.17) is 16.0 Å². The summed E-state index contributed by atoms with van der Waals surface area (Å²) in [4.78, 5) is 16.0. The molecule has 3 rings (SSSR count). The van der Waals surface area contributed by atoms with Gasteiger partial charge in [0.25, 0.3) is 5.69 Å². The molecule has 0 aliphatic carbocycles. The van der Waals surface area contributed by atoms with E-state index in [1.165, 1.54) is 6.07 Å². The summed E-state index contributed by atoms with van der Waals surface area (Å²) >= 11 is 0. The minimum atomic E-state index is -0.376. The van der Waals surface area contributed by atoms with Gasteiger partial charge in [-0.25, -0.2) is 4.85 Å². The molecule has 0 saturated carbocycles. The van der Waals surface area contributed by atoms with Crippen molar-refractivity contribution in [3.8, 4) is 5.75 Å². The van der Waals surface area contributed by atoms with Crippen LogP contribution < -0.4 is 9.64 Å². The maximum atomic E-state index is 11.0. The predicted octanol–water partition coefficient (Wildman–Crippen LogP) is 4.08. The molecule has 7 nitrogen and oxygen atoms in total. The molecule has 1 heterocycles. The summed E-state index contributed by atoms with van der Waals surface area (Å²) < 4.78 is 11.7. The molecule has 2 aromatic rings. The molecule has 2 atom stereocenters. The summed E-state index contributed by atoms with van der Waals surface area (Å²) in [6, 6.07) is 12.0. The van der Waals surface area contributed by atoms with Crippen LogP contribution in [0.3, 0.4) is 0 Å². The minimum absolute atomic E-state index is 0.110. The van der Waals surface area contributed by atoms with Crippen molar-refractivity contribution in [2.45, 2.75) is 26.2 Å². The topological polar surface area (TPSA) is 69.2 Å². The molecular weight excluding hydrogens is 334 g/mol. The number of rotatable bonds is 5. The first-order valence-electron chi connectivity index (χ1n) is 8.25. The second kappa shape index (κ2) is 7.42. The number of hydrogen-bond acceptors (Lipinski definition) is 5. The summed E-state index contributed by atoms with van der Waals surface area (Å²) in [5, 5.41) is 11.0. The van der Waals surface area contributed by atoms with Crippen molar-refractivity contribution in [2.24, 2.45) is 0 Å². The van der Waals surface area contributed by atoms with Crippen molar-refractivity contribution >= 4 is 17.1 Å². The maximum absolute atomic E-state index is 11.0. The first-order valence-corrected chi connectivity index (χ1v) is 8.25. The van der Waals surface area contributed by atoms with Crippen LogP contribution in [0.1, 0.15) is 12.5 Å². The number of ether oxygens (including phenoxy) is 2. The van der Waals surface area contributed by atoms with Gasteiger partial charge in [0, 0.05) is 17.3 Å². The van der Waals surface area contributed by atoms with E-state index < -0.39 is 0 Å². The fourth-order valence-corrected chi connectivity index (χ4v) is 3.00. The molecule has 0 unspecified atom stereocenters. The number of nitro groups is 1. The summed E-state index contributed by atoms with van der Waals surface area (Å²) in [5.41, 5.74) is 2.20. The van der Waals surface area contributed by atoms with E-state index in [-0.39, 0.29) is 22.9 Å². The molecule has 1 aliphatic heterocycles. The molecule has 2 aromatic carbocycles. The van der Waals surface area contributed by atoms with Gasteiger partial charge >= 0.3 is 0 Å². The molecule has 7 heteroatoms. The van der Waals surface area contributed by atoms with Gasteiger partial charge in [0.05, 0.1) is 18.0 Å². The Kier molecular flexibility index (Phi) is 5.05. The molecule has 0 aromatic heterocycles. The first-order chi connectivity index (χ1) is 12.5. The van der Waals surface area contributed by atoms with Gasteiger partial charge in [0.2, 0.25) is 0 Å². The lowest BCUT2D eigenvalue weighted by Crippen LogP contribution is -2.28. The number of aryl methyl sites for hydroxylation is 1. The Balaban J connectivity index is 1.63. The molecule has 0 N–H and O–H groups in total. The standard InChI is InChI=1S/C19H19N3O4/c1-13-10-16(6-9-19(13)22(23)24)21-11-18(26-14(21)2)12-25-17-7-4-15(20-3)5-8-17/h4-10,14,18H,11-12H2,1-2H3/t14-,18+/m1/s1. The van der Waals surface area contributed by atoms with Crippen LogP contribution in [0.15, 0.2) is 42.5 Å². The smallest absolute Gasteiger partial charge is 0.272 e. The molecule has 0 spiro atoms. The van der Waals surface area contributed by atoms with Crippen LogP contribution in [0, 0.1) is 23.6 Å². The van der Waals surface area contributed by atoms with Crippen LogP contribution in [-0.4, -0.2) is 30.4 Å². The molecule has 0 bridgehead atoms. The Labute approximate surface area is 151 Å². The SMILES string of the molecule is [C-]#[N+]c1ccc(OC[C@@H]2CN(c3ccc([N+](=O)[O-])c(C)c3)[C@@H](C)O2)cc1. The Bertz CT molecular complexity index is 845. The molecule has 0 amide bonds. The third kappa shape index (κ3) is 3.76. The van der Waals surface area contributed by atoms with Gasteiger partial charge in [0.15, 0.2) is 5.69 Å². The molecule has 1 fully saturated rings. The zero-order valence-electron chi connectivity index (χ0n) is 14.6. The van der Waals surface area contributed by atoms with Gasteiger partial charge in [-0.2, -0.15) is 0 Å². The van der Waals surface area contributed by atoms with Crippen molar-refractivity contribution < 1.29 is 14.4 Å². The lowest BCUT2D eigenvalue weighted by molar-refractivity contribution is -0.385. The van der Waals surface area contributed by atoms with Crippen molar-refractivity contribution in [3.63, 3.8) is 0 Å². The number of anilines is 1. The van der Waals surface area contributed by atoms with Gasteiger partial charge in [-0.1, -0.05) is 12.1 Å². The number of hydrogen-bond donors (Lipinski definition) is 0. The van der Waals surface area contributed by atoms with Crippen LogP contribution in [0.5, 0.6) is 5.75 Å². The molecule has 26 heavy (non-hydrogen) atoms. The Morgan fingerprint density at radius 1 is 1.35 bits per heavy atom. The Morgan fingerprint density at radius 3 is 2.69 bits per heavy atom. The molecular formula is C19H19N3O4. The van der Waals surface area contributed by atoms with Gasteiger partial charge in [-0.3, -0.25) is 10.1 Å². The average molecular weight is 353 g/mol. The highest BCUT2D eigenvalue weighted by atomic mass is 16.6. The normalized spacial score (nSPS) is 19.2. The maximum Gasteiger partial charge on any atom is 0.272 e. The molecule has 134 valence electrons. The predicted molar refractivity (Wildman–Crippen MR) is 97.7 cm³/mol. The summed E-state index contributed by atoms with van der Waals surface area (Å²) in [7, 11) is 0. The fourth-order valence-electron chi connectivity index (χ4n) is 3.00. The van der Waals surface area contributed by atoms with Crippen LogP contribution in [0.25, 0.3) is 4.85 Å². The lowest BCUT2D eigenvalue weighted by Gasteiger charge is -2.22. The van der Waals surface area contributed by atoms with E-state index >= 15 is 0 Å². The summed E-state index contributed by atoms with van der Waals surface area (Å²) in [6.45, 7) is 11.7. The van der Waals surface area contributed by atoms with E-state index in [0.717, 1.165) is 5.69 Å². The minimum Gasteiger partial charge on any atom is -0.491 e. The first kappa shape index (κ1) is 17.7. The van der Waals surface area contributed by atoms with Crippen molar-refractivity contribution in [1.82, 2.24) is 0 Å². The average Bonchev–Trinajstić information content (AvgIpc) is 3.00. The third-order valence-corrected chi connectivity index (χ3v) is 4.34. The van der Waals surface area contributed by atoms with Crippen LogP contribution in [-0.2, 0) is 4.74 Å². The third-order valence-electron chi connectivity index (χ3n) is 4.34. The van der Waals surface area contributed by atoms with E-state index in [1.807, 2.05) is 13.0 Å². The van der Waals surface area contributed by atoms with E-state index in [0.29, 0.717) is 30.2 Å². The van der Waals surface area contributed by atoms with Crippen molar-refractivity contribution in [1.29, 1.82) is 0 Å². The highest BCUT2D eigenvalue weighted by Gasteiger charge is 2.31. The largest absolute Gasteiger partial charge is 0.491 e. The fraction of sp³-hybridized carbons (Fsp3) is 0.316. The van der Waals surface area contributed by atoms with Gasteiger partial charge < -0.3 is 14.4 Å². The number of benzene rings is 2. The highest BCUT2D eigenvalue weighted by Crippen LogP contribution is 2.29. The van der Waals surface area contributed by atoms with E-state index in [1.54, 1.807) is 37.3 Å². The zero-order valence-corrected chi connectivity index (χ0v) is 14.6. The summed E-state index contributed by atoms with van der Waals surface area (Å²) in [5.74, 6) is 0.693. The Hall–Kier alpha value is -3.11. The molecule has 1 aliphatic rings. The van der Waals surface area contributed by atoms with E-state index in [2.05, 4.69) is 9.74 Å².